The number of nitrogens with one attached hydrogen (secondary N) is 1. The molecule has 0 spiro atoms. The van der Waals surface area contributed by atoms with Crippen molar-refractivity contribution >= 4 is 18.6 Å². The molecule has 1 nitrogen and oxygen atoms in total. The third-order valence-electron chi connectivity index (χ3n) is 2.62. The van der Waals surface area contributed by atoms with Crippen molar-refractivity contribution in [1.29, 1.82) is 0 Å². The minimum Gasteiger partial charge on any atom is -0.364 e. The van der Waals surface area contributed by atoms with Crippen LogP contribution in [0.25, 0.3) is 0 Å². The maximum absolute atomic E-state index is 3.39. The molecule has 2 heteroatoms. The smallest absolute Gasteiger partial charge is 0.308 e. The number of hydrogen-bond acceptors (Lipinski definition) is 0. The van der Waals surface area contributed by atoms with E-state index in [1.54, 1.807) is 4.43 Å². The zero-order chi connectivity index (χ0) is 9.14. The van der Waals surface area contributed by atoms with Crippen molar-refractivity contribution in [2.75, 3.05) is 0 Å². The first-order chi connectivity index (χ1) is 5.69. The van der Waals surface area contributed by atoms with Crippen LogP contribution in [0.1, 0.15) is 25.2 Å². The van der Waals surface area contributed by atoms with E-state index in [-0.39, 0.29) is 0 Å². The Morgan fingerprint density at radius 3 is 2.17 bits per heavy atom. The molecule has 1 N–H and O–H groups in total. The zero-order valence-electron chi connectivity index (χ0n) is 8.57. The SMILES string of the molecule is C[CH2][Al]([CH2]C)[c]1cc(C)[nH]c1C. The van der Waals surface area contributed by atoms with Crippen molar-refractivity contribution in [3.63, 3.8) is 0 Å². The van der Waals surface area contributed by atoms with Gasteiger partial charge in [-0.25, -0.2) is 0 Å². The van der Waals surface area contributed by atoms with E-state index in [9.17, 15) is 0 Å². The van der Waals surface area contributed by atoms with Crippen LogP contribution < -0.4 is 4.43 Å². The second-order valence-corrected chi connectivity index (χ2v) is 7.19. The minimum absolute atomic E-state index is 0.600. The number of aromatic amines is 1. The van der Waals surface area contributed by atoms with Gasteiger partial charge in [0.1, 0.15) is 0 Å². The highest BCUT2D eigenvalue weighted by atomic mass is 27.2. The van der Waals surface area contributed by atoms with E-state index in [2.05, 4.69) is 38.7 Å². The van der Waals surface area contributed by atoms with Gasteiger partial charge in [-0.3, -0.25) is 0 Å². The van der Waals surface area contributed by atoms with Crippen molar-refractivity contribution < 1.29 is 0 Å². The highest BCUT2D eigenvalue weighted by molar-refractivity contribution is 6.73. The number of hydrogen-bond donors (Lipinski definition) is 1. The summed E-state index contributed by atoms with van der Waals surface area (Å²) in [5, 5.41) is 2.77. The second kappa shape index (κ2) is 4.16. The maximum Gasteiger partial charge on any atom is 0.308 e. The van der Waals surface area contributed by atoms with Crippen LogP contribution in [0.3, 0.4) is 0 Å². The van der Waals surface area contributed by atoms with E-state index in [0.717, 1.165) is 0 Å². The molecule has 0 aliphatic heterocycles. The summed E-state index contributed by atoms with van der Waals surface area (Å²) in [6, 6.07) is 2.35. The third kappa shape index (κ3) is 1.94. The van der Waals surface area contributed by atoms with Gasteiger partial charge >= 0.3 is 14.1 Å². The van der Waals surface area contributed by atoms with E-state index in [1.165, 1.54) is 22.0 Å². The molecule has 0 fully saturated rings. The number of aromatic nitrogens is 1. The molecule has 0 aromatic carbocycles. The van der Waals surface area contributed by atoms with Gasteiger partial charge in [-0.05, 0) is 19.5 Å². The van der Waals surface area contributed by atoms with Crippen LogP contribution in [0, 0.1) is 13.8 Å². The summed E-state index contributed by atoms with van der Waals surface area (Å²) in [7, 11) is 0. The van der Waals surface area contributed by atoms with E-state index in [0.29, 0.717) is 0 Å². The zero-order valence-corrected chi connectivity index (χ0v) is 9.72. The van der Waals surface area contributed by atoms with Gasteiger partial charge < -0.3 is 4.98 Å². The van der Waals surface area contributed by atoms with E-state index < -0.39 is 14.1 Å². The summed E-state index contributed by atoms with van der Waals surface area (Å²) >= 11 is -0.600. The molecule has 1 rings (SSSR count). The number of rotatable bonds is 3. The molecular formula is C10H18AlN. The van der Waals surface area contributed by atoms with Gasteiger partial charge in [0.2, 0.25) is 0 Å². The molecule has 1 heterocycles. The van der Waals surface area contributed by atoms with Crippen LogP contribution in [0.15, 0.2) is 6.07 Å². The summed E-state index contributed by atoms with van der Waals surface area (Å²) in [4.78, 5) is 3.39. The molecule has 0 aliphatic carbocycles. The Labute approximate surface area is 79.6 Å². The Hall–Kier alpha value is -0.188. The molecule has 0 saturated heterocycles. The van der Waals surface area contributed by atoms with E-state index in [4.69, 9.17) is 0 Å². The lowest BCUT2D eigenvalue weighted by Crippen LogP contribution is -2.28. The average Bonchev–Trinajstić information content (AvgIpc) is 2.34. The van der Waals surface area contributed by atoms with Crippen LogP contribution in [-0.2, 0) is 0 Å². The van der Waals surface area contributed by atoms with Gasteiger partial charge in [0.15, 0.2) is 0 Å². The summed E-state index contributed by atoms with van der Waals surface area (Å²) in [6.07, 6.45) is 0. The normalized spacial score (nSPS) is 10.3. The first-order valence-corrected chi connectivity index (χ1v) is 7.06. The van der Waals surface area contributed by atoms with Crippen LogP contribution in [-0.4, -0.2) is 19.1 Å². The molecule has 1 aromatic heterocycles. The van der Waals surface area contributed by atoms with Crippen molar-refractivity contribution in [2.45, 2.75) is 38.3 Å². The predicted octanol–water partition coefficient (Wildman–Crippen LogP) is 2.37. The Morgan fingerprint density at radius 2 is 1.83 bits per heavy atom. The number of H-pyrrole nitrogens is 1. The quantitative estimate of drug-likeness (QED) is 0.686. The predicted molar refractivity (Wildman–Crippen MR) is 56.6 cm³/mol. The summed E-state index contributed by atoms with van der Waals surface area (Å²) in [5.74, 6) is 0. The molecule has 0 bridgehead atoms. The fourth-order valence-corrected chi connectivity index (χ4v) is 4.53. The standard InChI is InChI=1S/C6H8N.2C2H5.Al/c1-5-3-4-6(2)7-5;2*1-2;/h3,7H,1-2H3;2*1H2,2H3;. The molecule has 12 heavy (non-hydrogen) atoms. The lowest BCUT2D eigenvalue weighted by atomic mass is 10.4. The molecular weight excluding hydrogens is 161 g/mol. The molecule has 0 radical (unpaired) electrons. The first kappa shape index (κ1) is 9.90. The lowest BCUT2D eigenvalue weighted by molar-refractivity contribution is 1.19. The van der Waals surface area contributed by atoms with Gasteiger partial charge in [-0.1, -0.05) is 34.9 Å². The Bertz CT molecular complexity index is 248. The van der Waals surface area contributed by atoms with Crippen molar-refractivity contribution in [3.8, 4) is 0 Å². The maximum atomic E-state index is 3.39. The molecule has 0 aliphatic rings. The monoisotopic (exact) mass is 179 g/mol. The lowest BCUT2D eigenvalue weighted by Gasteiger charge is -2.04. The van der Waals surface area contributed by atoms with E-state index in [1.807, 2.05) is 0 Å². The fourth-order valence-electron chi connectivity index (χ4n) is 1.90. The molecule has 0 amide bonds. The third-order valence-corrected chi connectivity index (χ3v) is 6.07. The van der Waals surface area contributed by atoms with Gasteiger partial charge in [-0.2, -0.15) is 0 Å². The van der Waals surface area contributed by atoms with Gasteiger partial charge in [0, 0.05) is 5.69 Å². The highest BCUT2D eigenvalue weighted by Gasteiger charge is 2.17. The van der Waals surface area contributed by atoms with Gasteiger partial charge in [-0.15, -0.1) is 0 Å². The second-order valence-electron chi connectivity index (χ2n) is 3.55. The summed E-state index contributed by atoms with van der Waals surface area (Å²) in [6.45, 7) is 8.99. The topological polar surface area (TPSA) is 15.8 Å². The van der Waals surface area contributed by atoms with Gasteiger partial charge in [0.05, 0.1) is 0 Å². The van der Waals surface area contributed by atoms with E-state index >= 15 is 0 Å². The van der Waals surface area contributed by atoms with Crippen molar-refractivity contribution in [1.82, 2.24) is 4.98 Å². The summed E-state index contributed by atoms with van der Waals surface area (Å²) < 4.78 is 1.65. The molecule has 1 aromatic rings. The summed E-state index contributed by atoms with van der Waals surface area (Å²) in [5.41, 5.74) is 2.73. The Morgan fingerprint density at radius 1 is 1.25 bits per heavy atom. The minimum atomic E-state index is -0.600. The molecule has 0 saturated carbocycles. The fraction of sp³-hybridized carbons (Fsp3) is 0.600. The molecule has 0 atom stereocenters. The van der Waals surface area contributed by atoms with Crippen LogP contribution >= 0.6 is 0 Å². The Kier molecular flexibility index (Phi) is 3.43. The van der Waals surface area contributed by atoms with Crippen LogP contribution in [0.2, 0.25) is 10.6 Å². The molecule has 0 unspecified atom stereocenters. The average molecular weight is 179 g/mol. The van der Waals surface area contributed by atoms with Gasteiger partial charge in [0.25, 0.3) is 0 Å². The van der Waals surface area contributed by atoms with Crippen LogP contribution in [0.5, 0.6) is 0 Å². The van der Waals surface area contributed by atoms with Crippen LogP contribution in [0.4, 0.5) is 0 Å². The number of aryl methyl sites for hydroxylation is 2. The Balaban J connectivity index is 2.91. The first-order valence-electron chi connectivity index (χ1n) is 4.85. The highest BCUT2D eigenvalue weighted by Crippen LogP contribution is 2.04. The largest absolute Gasteiger partial charge is 0.364 e. The molecule has 66 valence electrons. The van der Waals surface area contributed by atoms with Crippen molar-refractivity contribution in [2.24, 2.45) is 0 Å². The van der Waals surface area contributed by atoms with Crippen molar-refractivity contribution in [3.05, 3.63) is 17.5 Å².